The molecule has 0 N–H and O–H groups in total. The average molecular weight is 314 g/mol. The molecule has 3 aromatic rings. The number of hydrogen-bond donors (Lipinski definition) is 0. The van der Waals surface area contributed by atoms with Crippen LogP contribution in [0.1, 0.15) is 55.6 Å². The zero-order chi connectivity index (χ0) is 17.2. The zero-order valence-electron chi connectivity index (χ0n) is 15.7. The summed E-state index contributed by atoms with van der Waals surface area (Å²) in [6, 6.07) is 8.90. The highest BCUT2D eigenvalue weighted by molar-refractivity contribution is 5.91. The van der Waals surface area contributed by atoms with E-state index in [1.54, 1.807) is 22.3 Å². The molecule has 0 nitrogen and oxygen atoms in total. The Hall–Kier alpha value is -2.08. The fraction of sp³-hybridized carbons (Fsp3) is 0.333. The van der Waals surface area contributed by atoms with Gasteiger partial charge in [0.05, 0.1) is 0 Å². The summed E-state index contributed by atoms with van der Waals surface area (Å²) < 4.78 is 0. The van der Waals surface area contributed by atoms with Crippen molar-refractivity contribution in [2.45, 2.75) is 54.4 Å². The van der Waals surface area contributed by atoms with Crippen molar-refractivity contribution in [3.63, 3.8) is 0 Å². The normalized spacial score (nSPS) is 13.1. The largest absolute Gasteiger partial charge is 0.0616 e. The lowest BCUT2D eigenvalue weighted by Gasteiger charge is -2.29. The molecule has 4 rings (SSSR count). The molecule has 122 valence electrons. The molecule has 0 amide bonds. The molecule has 3 aromatic carbocycles. The summed E-state index contributed by atoms with van der Waals surface area (Å²) in [7, 11) is 0. The van der Waals surface area contributed by atoms with Crippen molar-refractivity contribution in [3.05, 3.63) is 79.9 Å². The van der Waals surface area contributed by atoms with Gasteiger partial charge in [0.15, 0.2) is 0 Å². The summed E-state index contributed by atoms with van der Waals surface area (Å²) >= 11 is 0. The van der Waals surface area contributed by atoms with E-state index < -0.39 is 0 Å². The molecule has 24 heavy (non-hydrogen) atoms. The van der Waals surface area contributed by atoms with E-state index in [0.29, 0.717) is 0 Å². The van der Waals surface area contributed by atoms with Gasteiger partial charge in [-0.1, -0.05) is 24.3 Å². The quantitative estimate of drug-likeness (QED) is 0.363. The number of hydrogen-bond acceptors (Lipinski definition) is 0. The first-order valence-corrected chi connectivity index (χ1v) is 8.99. The van der Waals surface area contributed by atoms with Gasteiger partial charge in [-0.25, -0.2) is 0 Å². The molecule has 0 saturated heterocycles. The summed E-state index contributed by atoms with van der Waals surface area (Å²) in [5, 5.41) is 2.85. The fourth-order valence-electron chi connectivity index (χ4n) is 4.69. The Labute approximate surface area is 145 Å². The van der Waals surface area contributed by atoms with Crippen molar-refractivity contribution in [1.82, 2.24) is 0 Å². The van der Waals surface area contributed by atoms with Crippen molar-refractivity contribution < 1.29 is 0 Å². The highest BCUT2D eigenvalue weighted by atomic mass is 14.3. The number of rotatable bonds is 0. The minimum Gasteiger partial charge on any atom is -0.0616 e. The maximum Gasteiger partial charge on any atom is -0.00143 e. The van der Waals surface area contributed by atoms with Crippen molar-refractivity contribution >= 4 is 10.8 Å². The molecule has 0 heteroatoms. The third-order valence-corrected chi connectivity index (χ3v) is 6.67. The Kier molecular flexibility index (Phi) is 3.35. The van der Waals surface area contributed by atoms with E-state index in [1.807, 2.05) is 0 Å². The third kappa shape index (κ3) is 1.92. The van der Waals surface area contributed by atoms with Crippen LogP contribution in [0.15, 0.2) is 24.3 Å². The van der Waals surface area contributed by atoms with Gasteiger partial charge in [0.25, 0.3) is 0 Å². The smallest absolute Gasteiger partial charge is 0.00143 e. The molecule has 0 saturated carbocycles. The predicted octanol–water partition coefficient (Wildman–Crippen LogP) is 6.19. The highest BCUT2D eigenvalue weighted by Crippen LogP contribution is 2.40. The van der Waals surface area contributed by atoms with E-state index >= 15 is 0 Å². The molecule has 0 spiro atoms. The summed E-state index contributed by atoms with van der Waals surface area (Å²) in [5.41, 5.74) is 15.2. The SMILES string of the molecule is Cc1c(C)c(C)c2c(c1C)Cc1c(c(C)c3ccccc3c1C)C2. The average Bonchev–Trinajstić information content (AvgIpc) is 2.61. The summed E-state index contributed by atoms with van der Waals surface area (Å²) in [6.45, 7) is 13.8. The first-order valence-electron chi connectivity index (χ1n) is 8.99. The van der Waals surface area contributed by atoms with Gasteiger partial charge in [-0.05, 0) is 121 Å². The molecule has 0 bridgehead atoms. The van der Waals surface area contributed by atoms with Gasteiger partial charge in [-0.15, -0.1) is 0 Å². The van der Waals surface area contributed by atoms with Crippen LogP contribution in [0.2, 0.25) is 0 Å². The molecule has 0 unspecified atom stereocenters. The maximum absolute atomic E-state index is 2.31. The second-order valence-corrected chi connectivity index (χ2v) is 7.56. The lowest BCUT2D eigenvalue weighted by Crippen LogP contribution is -2.16. The second-order valence-electron chi connectivity index (χ2n) is 7.56. The minimum atomic E-state index is 1.09. The Bertz CT molecular complexity index is 921. The van der Waals surface area contributed by atoms with Crippen LogP contribution in [0, 0.1) is 41.5 Å². The zero-order valence-corrected chi connectivity index (χ0v) is 15.7. The molecule has 0 atom stereocenters. The minimum absolute atomic E-state index is 1.09. The number of fused-ring (bicyclic) bond motifs is 3. The Morgan fingerprint density at radius 2 is 0.792 bits per heavy atom. The highest BCUT2D eigenvalue weighted by Gasteiger charge is 2.25. The topological polar surface area (TPSA) is 0 Å². The van der Waals surface area contributed by atoms with Crippen LogP contribution in [0.25, 0.3) is 10.8 Å². The first kappa shape index (κ1) is 15.4. The lowest BCUT2D eigenvalue weighted by molar-refractivity contribution is 0.940. The molecule has 0 fully saturated rings. The van der Waals surface area contributed by atoms with E-state index in [4.69, 9.17) is 0 Å². The van der Waals surface area contributed by atoms with E-state index in [-0.39, 0.29) is 0 Å². The molecule has 1 aliphatic carbocycles. The van der Waals surface area contributed by atoms with Crippen LogP contribution in [-0.4, -0.2) is 0 Å². The number of benzene rings is 3. The first-order chi connectivity index (χ1) is 11.4. The van der Waals surface area contributed by atoms with Crippen LogP contribution in [-0.2, 0) is 12.8 Å². The van der Waals surface area contributed by atoms with Gasteiger partial charge < -0.3 is 0 Å². The molecular weight excluding hydrogens is 288 g/mol. The molecule has 0 aromatic heterocycles. The van der Waals surface area contributed by atoms with Crippen LogP contribution in [0.4, 0.5) is 0 Å². The fourth-order valence-corrected chi connectivity index (χ4v) is 4.69. The molecule has 0 heterocycles. The maximum atomic E-state index is 2.31. The molecule has 1 aliphatic rings. The number of aryl methyl sites for hydroxylation is 2. The van der Waals surface area contributed by atoms with Gasteiger partial charge in [-0.2, -0.15) is 0 Å². The monoisotopic (exact) mass is 314 g/mol. The van der Waals surface area contributed by atoms with Crippen LogP contribution >= 0.6 is 0 Å². The summed E-state index contributed by atoms with van der Waals surface area (Å²) in [5.74, 6) is 0. The van der Waals surface area contributed by atoms with Crippen LogP contribution in [0.5, 0.6) is 0 Å². The third-order valence-electron chi connectivity index (χ3n) is 6.67. The van der Waals surface area contributed by atoms with Crippen LogP contribution in [0.3, 0.4) is 0 Å². The molecule has 0 radical (unpaired) electrons. The summed E-state index contributed by atoms with van der Waals surface area (Å²) in [4.78, 5) is 0. The van der Waals surface area contributed by atoms with Gasteiger partial charge in [0.2, 0.25) is 0 Å². The van der Waals surface area contributed by atoms with Crippen LogP contribution < -0.4 is 0 Å². The predicted molar refractivity (Wildman–Crippen MR) is 104 cm³/mol. The van der Waals surface area contributed by atoms with E-state index in [9.17, 15) is 0 Å². The molecular formula is C24H26. The van der Waals surface area contributed by atoms with Gasteiger partial charge >= 0.3 is 0 Å². The van der Waals surface area contributed by atoms with Gasteiger partial charge in [-0.3, -0.25) is 0 Å². The van der Waals surface area contributed by atoms with Gasteiger partial charge in [0, 0.05) is 0 Å². The van der Waals surface area contributed by atoms with E-state index in [2.05, 4.69) is 65.8 Å². The van der Waals surface area contributed by atoms with Crippen molar-refractivity contribution in [3.8, 4) is 0 Å². The Morgan fingerprint density at radius 3 is 1.17 bits per heavy atom. The van der Waals surface area contributed by atoms with E-state index in [1.165, 1.54) is 44.2 Å². The standard InChI is InChI=1S/C24H26/c1-13-14(2)16(4)22-12-24-18(6)20-10-8-7-9-19(20)17(5)23(24)11-21(22)15(13)3/h7-10H,11-12H2,1-6H3. The summed E-state index contributed by atoms with van der Waals surface area (Å²) in [6.07, 6.45) is 2.19. The van der Waals surface area contributed by atoms with E-state index in [0.717, 1.165) is 12.8 Å². The van der Waals surface area contributed by atoms with Gasteiger partial charge in [0.1, 0.15) is 0 Å². The van der Waals surface area contributed by atoms with Crippen molar-refractivity contribution in [2.24, 2.45) is 0 Å². The Morgan fingerprint density at radius 1 is 0.458 bits per heavy atom. The Balaban J connectivity index is 2.05. The molecule has 0 aliphatic heterocycles. The lowest BCUT2D eigenvalue weighted by atomic mass is 9.75. The second kappa shape index (κ2) is 5.21. The van der Waals surface area contributed by atoms with Crippen molar-refractivity contribution in [1.29, 1.82) is 0 Å². The van der Waals surface area contributed by atoms with Crippen molar-refractivity contribution in [2.75, 3.05) is 0 Å².